The topological polar surface area (TPSA) is 65.0 Å². The van der Waals surface area contributed by atoms with Gasteiger partial charge in [-0.25, -0.2) is 0 Å². The predicted octanol–water partition coefficient (Wildman–Crippen LogP) is 2.91. The minimum atomic E-state index is -0.624. The van der Waals surface area contributed by atoms with E-state index in [0.717, 1.165) is 41.2 Å². The second kappa shape index (κ2) is 10.0. The summed E-state index contributed by atoms with van der Waals surface area (Å²) < 4.78 is 0. The fraction of sp³-hybridized carbons (Fsp3) is 0.250. The van der Waals surface area contributed by atoms with E-state index < -0.39 is 6.04 Å². The molecule has 3 aromatic rings. The number of hydrogen-bond donors (Lipinski definition) is 1. The molecule has 0 saturated carbocycles. The molecule has 5 rings (SSSR count). The van der Waals surface area contributed by atoms with Gasteiger partial charge in [-0.3, -0.25) is 14.6 Å². The summed E-state index contributed by atoms with van der Waals surface area (Å²) in [5.41, 5.74) is 4.37. The molecular formula is C28H28N4O2. The highest BCUT2D eigenvalue weighted by Gasteiger charge is 2.34. The Hall–Kier alpha value is -3.77. The molecule has 6 heteroatoms. The molecule has 0 aromatic heterocycles. The van der Waals surface area contributed by atoms with Gasteiger partial charge in [0.2, 0.25) is 5.91 Å². The summed E-state index contributed by atoms with van der Waals surface area (Å²) in [6.45, 7) is 2.87. The monoisotopic (exact) mass is 452 g/mol. The molecule has 2 heterocycles. The lowest BCUT2D eigenvalue weighted by Crippen LogP contribution is -2.51. The number of aliphatic imine (C=N–C) groups is 1. The number of anilines is 1. The molecule has 6 nitrogen and oxygen atoms in total. The Morgan fingerprint density at radius 3 is 2.26 bits per heavy atom. The van der Waals surface area contributed by atoms with Crippen LogP contribution in [0.5, 0.6) is 0 Å². The van der Waals surface area contributed by atoms with E-state index in [0.29, 0.717) is 19.5 Å². The molecule has 3 aromatic carbocycles. The highest BCUT2D eigenvalue weighted by atomic mass is 16.2. The normalized spacial score (nSPS) is 18.2. The SMILES string of the molecule is O=C(CN1C(=O)[C@H](Cc2ccccc2)N=C(c2ccccc2)c2ccccc21)N1CCNCC1. The first kappa shape index (κ1) is 22.0. The van der Waals surface area contributed by atoms with Gasteiger partial charge in [0, 0.05) is 43.7 Å². The van der Waals surface area contributed by atoms with Crippen LogP contribution in [-0.2, 0) is 16.0 Å². The molecule has 2 aliphatic rings. The molecule has 0 bridgehead atoms. The second-order valence-electron chi connectivity index (χ2n) is 8.62. The van der Waals surface area contributed by atoms with Gasteiger partial charge in [0.05, 0.1) is 11.4 Å². The smallest absolute Gasteiger partial charge is 0.252 e. The van der Waals surface area contributed by atoms with E-state index in [1.54, 1.807) is 4.90 Å². The predicted molar refractivity (Wildman–Crippen MR) is 134 cm³/mol. The zero-order valence-corrected chi connectivity index (χ0v) is 19.1. The van der Waals surface area contributed by atoms with E-state index in [2.05, 4.69) is 5.32 Å². The molecule has 172 valence electrons. The van der Waals surface area contributed by atoms with Crippen LogP contribution in [0.2, 0.25) is 0 Å². The Bertz CT molecular complexity index is 1190. The standard InChI is InChI=1S/C28H28N4O2/c33-26(31-17-15-29-16-18-31)20-32-25-14-8-7-13-23(25)27(22-11-5-2-6-12-22)30-24(28(32)34)19-21-9-3-1-4-10-21/h1-14,24,29H,15-20H2/t24-/m0/s1. The Labute approximate surface area is 199 Å². The van der Waals surface area contributed by atoms with Gasteiger partial charge in [0.25, 0.3) is 5.91 Å². The maximum atomic E-state index is 13.9. The molecule has 1 saturated heterocycles. The number of piperazine rings is 1. The second-order valence-corrected chi connectivity index (χ2v) is 8.62. The first-order valence-corrected chi connectivity index (χ1v) is 11.8. The van der Waals surface area contributed by atoms with Crippen molar-refractivity contribution in [1.29, 1.82) is 0 Å². The fourth-order valence-electron chi connectivity index (χ4n) is 4.60. The van der Waals surface area contributed by atoms with Crippen molar-refractivity contribution in [3.63, 3.8) is 0 Å². The zero-order valence-electron chi connectivity index (χ0n) is 19.1. The Morgan fingerprint density at radius 2 is 1.53 bits per heavy atom. The average Bonchev–Trinajstić information content (AvgIpc) is 3.01. The van der Waals surface area contributed by atoms with Crippen molar-refractivity contribution < 1.29 is 9.59 Å². The van der Waals surface area contributed by atoms with Gasteiger partial charge in [-0.1, -0.05) is 78.9 Å². The summed E-state index contributed by atoms with van der Waals surface area (Å²) in [5, 5.41) is 3.27. The number of amides is 2. The van der Waals surface area contributed by atoms with E-state index in [1.807, 2.05) is 89.8 Å². The van der Waals surface area contributed by atoms with Crippen molar-refractivity contribution in [2.45, 2.75) is 12.5 Å². The third-order valence-electron chi connectivity index (χ3n) is 6.37. The summed E-state index contributed by atoms with van der Waals surface area (Å²) in [7, 11) is 0. The first-order chi connectivity index (χ1) is 16.7. The summed E-state index contributed by atoms with van der Waals surface area (Å²) in [6, 6.07) is 27.0. The number of benzene rings is 3. The Morgan fingerprint density at radius 1 is 0.882 bits per heavy atom. The van der Waals surface area contributed by atoms with Gasteiger partial charge >= 0.3 is 0 Å². The van der Waals surface area contributed by atoms with Gasteiger partial charge in [-0.15, -0.1) is 0 Å². The van der Waals surface area contributed by atoms with Gasteiger partial charge < -0.3 is 15.1 Å². The summed E-state index contributed by atoms with van der Waals surface area (Å²) in [4.78, 5) is 35.7. The summed E-state index contributed by atoms with van der Waals surface area (Å²) >= 11 is 0. The zero-order chi connectivity index (χ0) is 23.3. The largest absolute Gasteiger partial charge is 0.339 e. The Kier molecular flexibility index (Phi) is 6.49. The van der Waals surface area contributed by atoms with Crippen LogP contribution in [0.25, 0.3) is 0 Å². The molecule has 1 N–H and O–H groups in total. The number of carbonyl (C=O) groups is 2. The molecule has 2 aliphatic heterocycles. The number of nitrogens with zero attached hydrogens (tertiary/aromatic N) is 3. The van der Waals surface area contributed by atoms with Gasteiger partial charge in [-0.05, 0) is 11.6 Å². The van der Waals surface area contributed by atoms with Crippen LogP contribution in [0.1, 0.15) is 16.7 Å². The van der Waals surface area contributed by atoms with Crippen LogP contribution in [0.3, 0.4) is 0 Å². The van der Waals surface area contributed by atoms with Crippen LogP contribution in [-0.4, -0.2) is 61.2 Å². The minimum absolute atomic E-state index is 0.0126. The van der Waals surface area contributed by atoms with Crippen molar-refractivity contribution in [3.05, 3.63) is 102 Å². The van der Waals surface area contributed by atoms with E-state index >= 15 is 0 Å². The van der Waals surface area contributed by atoms with E-state index in [9.17, 15) is 9.59 Å². The number of para-hydroxylation sites is 1. The number of fused-ring (bicyclic) bond motifs is 1. The van der Waals surface area contributed by atoms with Crippen molar-refractivity contribution in [2.24, 2.45) is 4.99 Å². The lowest BCUT2D eigenvalue weighted by Gasteiger charge is -2.31. The number of hydrogen-bond acceptors (Lipinski definition) is 4. The fourth-order valence-corrected chi connectivity index (χ4v) is 4.60. The number of nitrogens with one attached hydrogen (secondary N) is 1. The lowest BCUT2D eigenvalue weighted by atomic mass is 10.00. The quantitative estimate of drug-likeness (QED) is 0.648. The van der Waals surface area contributed by atoms with Gasteiger partial charge in [0.15, 0.2) is 0 Å². The van der Waals surface area contributed by atoms with Crippen molar-refractivity contribution in [2.75, 3.05) is 37.6 Å². The van der Waals surface area contributed by atoms with Crippen LogP contribution in [0.4, 0.5) is 5.69 Å². The molecule has 1 fully saturated rings. The average molecular weight is 453 g/mol. The molecule has 0 unspecified atom stereocenters. The van der Waals surface area contributed by atoms with Crippen molar-refractivity contribution in [1.82, 2.24) is 10.2 Å². The third-order valence-corrected chi connectivity index (χ3v) is 6.37. The van der Waals surface area contributed by atoms with E-state index in [4.69, 9.17) is 4.99 Å². The van der Waals surface area contributed by atoms with Crippen LogP contribution < -0.4 is 10.2 Å². The van der Waals surface area contributed by atoms with E-state index in [-0.39, 0.29) is 18.4 Å². The third kappa shape index (κ3) is 4.63. The van der Waals surface area contributed by atoms with Crippen molar-refractivity contribution >= 4 is 23.2 Å². The number of rotatable bonds is 5. The minimum Gasteiger partial charge on any atom is -0.339 e. The number of benzodiazepines with no additional fused rings is 1. The highest BCUT2D eigenvalue weighted by Crippen LogP contribution is 2.29. The first-order valence-electron chi connectivity index (χ1n) is 11.8. The maximum absolute atomic E-state index is 13.9. The molecule has 1 atom stereocenters. The molecule has 0 aliphatic carbocycles. The lowest BCUT2D eigenvalue weighted by molar-refractivity contribution is -0.132. The summed E-state index contributed by atoms with van der Waals surface area (Å²) in [6.07, 6.45) is 0.475. The van der Waals surface area contributed by atoms with Crippen molar-refractivity contribution in [3.8, 4) is 0 Å². The van der Waals surface area contributed by atoms with Gasteiger partial charge in [0.1, 0.15) is 12.6 Å². The molecule has 0 radical (unpaired) electrons. The van der Waals surface area contributed by atoms with Crippen LogP contribution in [0.15, 0.2) is 89.9 Å². The molecule has 0 spiro atoms. The highest BCUT2D eigenvalue weighted by molar-refractivity contribution is 6.20. The number of carbonyl (C=O) groups excluding carboxylic acids is 2. The van der Waals surface area contributed by atoms with E-state index in [1.165, 1.54) is 0 Å². The molecule has 2 amide bonds. The maximum Gasteiger partial charge on any atom is 0.252 e. The van der Waals surface area contributed by atoms with Crippen LogP contribution in [0, 0.1) is 0 Å². The van der Waals surface area contributed by atoms with Gasteiger partial charge in [-0.2, -0.15) is 0 Å². The van der Waals surface area contributed by atoms with Crippen LogP contribution >= 0.6 is 0 Å². The summed E-state index contributed by atoms with van der Waals surface area (Å²) in [5.74, 6) is -0.183. The molecule has 34 heavy (non-hydrogen) atoms. The molecular weight excluding hydrogens is 424 g/mol. The Balaban J connectivity index is 1.57.